The van der Waals surface area contributed by atoms with Gasteiger partial charge < -0.3 is 5.11 Å². The van der Waals surface area contributed by atoms with Crippen LogP contribution in [0.15, 0.2) is 72.2 Å². The molecule has 0 atom stereocenters. The lowest BCUT2D eigenvalue weighted by atomic mass is 10.0. The van der Waals surface area contributed by atoms with Crippen LogP contribution in [-0.4, -0.2) is 11.3 Å². The molecule has 0 radical (unpaired) electrons. The van der Waals surface area contributed by atoms with Crippen LogP contribution in [0.25, 0.3) is 16.8 Å². The van der Waals surface area contributed by atoms with Gasteiger partial charge in [0.1, 0.15) is 5.75 Å². The van der Waals surface area contributed by atoms with E-state index in [1.54, 1.807) is 18.4 Å². The van der Waals surface area contributed by atoms with Crippen molar-refractivity contribution in [3.8, 4) is 5.75 Å². The standard InChI is InChI=1S/C19H15NO/c1-2-14-7-10-16(11-8-14)20-13-18-17-6-4-3-5-15(17)9-12-19(18)21/h2-13,21H,1H2. The fraction of sp³-hybridized carbons (Fsp3) is 0. The van der Waals surface area contributed by atoms with Crippen LogP contribution in [0.1, 0.15) is 11.1 Å². The molecule has 0 fully saturated rings. The molecule has 2 nitrogen and oxygen atoms in total. The molecule has 3 rings (SSSR count). The molecule has 102 valence electrons. The summed E-state index contributed by atoms with van der Waals surface area (Å²) in [6.07, 6.45) is 3.50. The van der Waals surface area contributed by atoms with Gasteiger partial charge >= 0.3 is 0 Å². The van der Waals surface area contributed by atoms with Crippen molar-refractivity contribution in [1.29, 1.82) is 0 Å². The lowest BCUT2D eigenvalue weighted by Crippen LogP contribution is -1.85. The maximum absolute atomic E-state index is 10.1. The Morgan fingerprint density at radius 2 is 1.67 bits per heavy atom. The zero-order valence-electron chi connectivity index (χ0n) is 11.5. The fourth-order valence-electron chi connectivity index (χ4n) is 2.26. The first kappa shape index (κ1) is 13.1. The molecule has 0 aliphatic heterocycles. The van der Waals surface area contributed by atoms with E-state index in [4.69, 9.17) is 0 Å². The first-order chi connectivity index (χ1) is 10.3. The molecule has 0 spiro atoms. The van der Waals surface area contributed by atoms with E-state index in [0.717, 1.165) is 27.6 Å². The number of benzene rings is 3. The molecule has 0 heterocycles. The molecular formula is C19H15NO. The Labute approximate surface area is 123 Å². The van der Waals surface area contributed by atoms with Crippen molar-refractivity contribution in [3.63, 3.8) is 0 Å². The number of aliphatic imine (C=N–C) groups is 1. The van der Waals surface area contributed by atoms with E-state index in [0.29, 0.717) is 0 Å². The molecule has 0 aliphatic carbocycles. The van der Waals surface area contributed by atoms with Crippen molar-refractivity contribution >= 4 is 28.8 Å². The summed E-state index contributed by atoms with van der Waals surface area (Å²) >= 11 is 0. The highest BCUT2D eigenvalue weighted by Gasteiger charge is 2.04. The number of phenols is 1. The van der Waals surface area contributed by atoms with E-state index in [1.165, 1.54) is 0 Å². The van der Waals surface area contributed by atoms with Gasteiger partial charge in [-0.1, -0.05) is 55.1 Å². The van der Waals surface area contributed by atoms with Gasteiger partial charge in [-0.2, -0.15) is 0 Å². The molecule has 0 amide bonds. The van der Waals surface area contributed by atoms with Crippen molar-refractivity contribution in [2.75, 3.05) is 0 Å². The summed E-state index contributed by atoms with van der Waals surface area (Å²) in [6, 6.07) is 19.3. The minimum Gasteiger partial charge on any atom is -0.507 e. The zero-order valence-corrected chi connectivity index (χ0v) is 11.5. The van der Waals surface area contributed by atoms with Crippen LogP contribution in [0.5, 0.6) is 5.75 Å². The van der Waals surface area contributed by atoms with Crippen LogP contribution in [-0.2, 0) is 0 Å². The highest BCUT2D eigenvalue weighted by molar-refractivity contribution is 6.02. The van der Waals surface area contributed by atoms with Crippen molar-refractivity contribution in [2.24, 2.45) is 4.99 Å². The van der Waals surface area contributed by atoms with Crippen molar-refractivity contribution in [3.05, 3.63) is 78.4 Å². The monoisotopic (exact) mass is 273 g/mol. The molecular weight excluding hydrogens is 258 g/mol. The third-order valence-electron chi connectivity index (χ3n) is 3.42. The molecule has 2 heteroatoms. The first-order valence-corrected chi connectivity index (χ1v) is 6.75. The maximum Gasteiger partial charge on any atom is 0.124 e. The summed E-state index contributed by atoms with van der Waals surface area (Å²) < 4.78 is 0. The van der Waals surface area contributed by atoms with Crippen LogP contribution in [0.2, 0.25) is 0 Å². The molecule has 0 bridgehead atoms. The number of aromatic hydroxyl groups is 1. The van der Waals surface area contributed by atoms with Gasteiger partial charge in [-0.25, -0.2) is 0 Å². The Morgan fingerprint density at radius 3 is 2.43 bits per heavy atom. The maximum atomic E-state index is 10.1. The lowest BCUT2D eigenvalue weighted by Gasteiger charge is -2.04. The summed E-state index contributed by atoms with van der Waals surface area (Å²) in [7, 11) is 0. The minimum atomic E-state index is 0.236. The van der Waals surface area contributed by atoms with E-state index in [1.807, 2.05) is 54.6 Å². The van der Waals surface area contributed by atoms with E-state index in [9.17, 15) is 5.11 Å². The number of fused-ring (bicyclic) bond motifs is 1. The number of phenolic OH excluding ortho intramolecular Hbond substituents is 1. The molecule has 1 N–H and O–H groups in total. The number of hydrogen-bond acceptors (Lipinski definition) is 2. The third-order valence-corrected chi connectivity index (χ3v) is 3.42. The van der Waals surface area contributed by atoms with Gasteiger partial charge in [0.2, 0.25) is 0 Å². The number of rotatable bonds is 3. The lowest BCUT2D eigenvalue weighted by molar-refractivity contribution is 0.475. The van der Waals surface area contributed by atoms with E-state index < -0.39 is 0 Å². The van der Waals surface area contributed by atoms with Crippen LogP contribution in [0.3, 0.4) is 0 Å². The molecule has 0 unspecified atom stereocenters. The van der Waals surface area contributed by atoms with Gasteiger partial charge in [0, 0.05) is 11.8 Å². The van der Waals surface area contributed by atoms with Gasteiger partial charge in [-0.05, 0) is 34.5 Å². The Hall–Kier alpha value is -2.87. The van der Waals surface area contributed by atoms with Gasteiger partial charge in [-0.15, -0.1) is 0 Å². The summed E-state index contributed by atoms with van der Waals surface area (Å²) in [4.78, 5) is 4.44. The summed E-state index contributed by atoms with van der Waals surface area (Å²) in [5.41, 5.74) is 2.63. The average Bonchev–Trinajstić information content (AvgIpc) is 2.54. The molecule has 0 aliphatic rings. The predicted octanol–water partition coefficient (Wildman–Crippen LogP) is 4.94. The van der Waals surface area contributed by atoms with Crippen molar-refractivity contribution in [1.82, 2.24) is 0 Å². The number of nitrogens with zero attached hydrogens (tertiary/aromatic N) is 1. The number of hydrogen-bond donors (Lipinski definition) is 1. The molecule has 0 saturated heterocycles. The summed E-state index contributed by atoms with van der Waals surface area (Å²) in [5, 5.41) is 12.1. The van der Waals surface area contributed by atoms with Crippen LogP contribution in [0.4, 0.5) is 5.69 Å². The Morgan fingerprint density at radius 1 is 0.905 bits per heavy atom. The van der Waals surface area contributed by atoms with Gasteiger partial charge in [0.15, 0.2) is 0 Å². The quantitative estimate of drug-likeness (QED) is 0.674. The molecule has 0 saturated carbocycles. The highest BCUT2D eigenvalue weighted by atomic mass is 16.3. The van der Waals surface area contributed by atoms with Gasteiger partial charge in [0.05, 0.1) is 5.69 Å². The molecule has 3 aromatic carbocycles. The average molecular weight is 273 g/mol. The molecule has 3 aromatic rings. The van der Waals surface area contributed by atoms with Crippen LogP contribution >= 0.6 is 0 Å². The smallest absolute Gasteiger partial charge is 0.124 e. The minimum absolute atomic E-state index is 0.236. The van der Waals surface area contributed by atoms with Gasteiger partial charge in [0.25, 0.3) is 0 Å². The topological polar surface area (TPSA) is 32.6 Å². The second kappa shape index (κ2) is 5.63. The first-order valence-electron chi connectivity index (χ1n) is 6.75. The Bertz CT molecular complexity index is 817. The van der Waals surface area contributed by atoms with Crippen molar-refractivity contribution in [2.45, 2.75) is 0 Å². The van der Waals surface area contributed by atoms with E-state index in [-0.39, 0.29) is 5.75 Å². The predicted molar refractivity (Wildman–Crippen MR) is 89.4 cm³/mol. The summed E-state index contributed by atoms with van der Waals surface area (Å²) in [5.74, 6) is 0.236. The fourth-order valence-corrected chi connectivity index (χ4v) is 2.26. The molecule has 0 aromatic heterocycles. The van der Waals surface area contributed by atoms with E-state index in [2.05, 4.69) is 11.6 Å². The third kappa shape index (κ3) is 2.70. The SMILES string of the molecule is C=Cc1ccc(N=Cc2c(O)ccc3ccccc23)cc1. The van der Waals surface area contributed by atoms with Crippen molar-refractivity contribution < 1.29 is 5.11 Å². The second-order valence-electron chi connectivity index (χ2n) is 4.77. The normalized spacial score (nSPS) is 11.0. The van der Waals surface area contributed by atoms with E-state index >= 15 is 0 Å². The van der Waals surface area contributed by atoms with Crippen LogP contribution in [0, 0.1) is 0 Å². The van der Waals surface area contributed by atoms with Gasteiger partial charge in [-0.3, -0.25) is 4.99 Å². The second-order valence-corrected chi connectivity index (χ2v) is 4.77. The Balaban J connectivity index is 2.02. The largest absolute Gasteiger partial charge is 0.507 e. The molecule has 21 heavy (non-hydrogen) atoms. The highest BCUT2D eigenvalue weighted by Crippen LogP contribution is 2.26. The Kier molecular flexibility index (Phi) is 3.52. The summed E-state index contributed by atoms with van der Waals surface area (Å²) in [6.45, 7) is 3.73. The zero-order chi connectivity index (χ0) is 14.7. The van der Waals surface area contributed by atoms with Crippen LogP contribution < -0.4 is 0 Å².